The van der Waals surface area contributed by atoms with Crippen molar-refractivity contribution in [1.82, 2.24) is 15.2 Å². The molecule has 2 N–H and O–H groups in total. The number of thiophene rings is 1. The average molecular weight is 359 g/mol. The van der Waals surface area contributed by atoms with Crippen molar-refractivity contribution in [2.24, 2.45) is 0 Å². The lowest BCUT2D eigenvalue weighted by molar-refractivity contribution is -0.0684. The zero-order chi connectivity index (χ0) is 17.4. The van der Waals surface area contributed by atoms with Gasteiger partial charge in [-0.2, -0.15) is 5.10 Å². The second-order valence-corrected chi connectivity index (χ2v) is 7.28. The normalized spacial score (nSPS) is 19.9. The van der Waals surface area contributed by atoms with Crippen molar-refractivity contribution >= 4 is 21.4 Å². The van der Waals surface area contributed by atoms with Gasteiger partial charge >= 0.3 is 0 Å². The summed E-state index contributed by atoms with van der Waals surface area (Å²) in [4.78, 5) is 16.5. The van der Waals surface area contributed by atoms with E-state index in [0.717, 1.165) is 34.2 Å². The fraction of sp³-hybridized carbons (Fsp3) is 0.333. The number of fused-ring (bicyclic) bond motifs is 3. The molecule has 1 atom stereocenters. The maximum absolute atomic E-state index is 14.0. The summed E-state index contributed by atoms with van der Waals surface area (Å²) in [5.74, 6) is 0. The summed E-state index contributed by atoms with van der Waals surface area (Å²) >= 11 is 1.43. The molecule has 0 spiro atoms. The lowest BCUT2D eigenvalue weighted by atomic mass is 9.82. The van der Waals surface area contributed by atoms with E-state index in [-0.39, 0.29) is 12.2 Å². The van der Waals surface area contributed by atoms with Gasteiger partial charge in [0.2, 0.25) is 0 Å². The van der Waals surface area contributed by atoms with Crippen LogP contribution in [-0.2, 0) is 16.8 Å². The van der Waals surface area contributed by atoms with Gasteiger partial charge < -0.3 is 9.72 Å². The van der Waals surface area contributed by atoms with Crippen LogP contribution in [-0.4, -0.2) is 28.5 Å². The van der Waals surface area contributed by atoms with Crippen LogP contribution in [0.2, 0.25) is 0 Å². The Labute approximate surface area is 147 Å². The number of pyridine rings is 1. The minimum Gasteiger partial charge on any atom is -0.362 e. The first-order valence-electron chi connectivity index (χ1n) is 8.17. The average Bonchev–Trinajstić information content (AvgIpc) is 3.30. The number of nitrogens with one attached hydrogen (secondary N) is 2. The van der Waals surface area contributed by atoms with Gasteiger partial charge in [0.1, 0.15) is 17.0 Å². The second kappa shape index (κ2) is 6.24. The Morgan fingerprint density at radius 1 is 1.52 bits per heavy atom. The zero-order valence-electron chi connectivity index (χ0n) is 13.6. The standard InChI is InChI=1S/C18H18FN3O2S/c1-2-6-24-18(10-19)5-3-4-12-13-7-14(11-8-20-21-9-11)25-15(13)17(23)22-16(12)18/h2,7-9H,1,3-6,10H2,(H,20,21)(H,22,23)/t18-/m0/s1. The maximum Gasteiger partial charge on any atom is 0.266 e. The molecule has 3 aromatic rings. The highest BCUT2D eigenvalue weighted by atomic mass is 32.1. The summed E-state index contributed by atoms with van der Waals surface area (Å²) in [6.07, 6.45) is 7.28. The van der Waals surface area contributed by atoms with E-state index in [9.17, 15) is 9.18 Å². The van der Waals surface area contributed by atoms with E-state index in [2.05, 4.69) is 21.8 Å². The van der Waals surface area contributed by atoms with Crippen molar-refractivity contribution < 1.29 is 9.13 Å². The van der Waals surface area contributed by atoms with Gasteiger partial charge in [-0.05, 0) is 30.9 Å². The van der Waals surface area contributed by atoms with Crippen molar-refractivity contribution in [2.45, 2.75) is 24.9 Å². The summed E-state index contributed by atoms with van der Waals surface area (Å²) in [7, 11) is 0. The third kappa shape index (κ3) is 2.54. The van der Waals surface area contributed by atoms with E-state index in [4.69, 9.17) is 4.74 Å². The molecule has 4 rings (SSSR count). The molecule has 5 nitrogen and oxygen atoms in total. The number of ether oxygens (including phenoxy) is 1. The summed E-state index contributed by atoms with van der Waals surface area (Å²) in [6, 6.07) is 2.00. The van der Waals surface area contributed by atoms with Crippen LogP contribution >= 0.6 is 11.3 Å². The number of aromatic nitrogens is 3. The molecule has 7 heteroatoms. The molecule has 1 aliphatic carbocycles. The Balaban J connectivity index is 1.93. The van der Waals surface area contributed by atoms with Gasteiger partial charge in [0.15, 0.2) is 0 Å². The number of halogens is 1. The van der Waals surface area contributed by atoms with Crippen LogP contribution in [0.1, 0.15) is 24.1 Å². The molecule has 0 fully saturated rings. The van der Waals surface area contributed by atoms with Crippen LogP contribution < -0.4 is 5.56 Å². The van der Waals surface area contributed by atoms with Crippen LogP contribution in [0.25, 0.3) is 20.5 Å². The molecule has 0 amide bonds. The summed E-state index contributed by atoms with van der Waals surface area (Å²) in [5, 5.41) is 7.64. The van der Waals surface area contributed by atoms with Gasteiger partial charge in [-0.15, -0.1) is 17.9 Å². The second-order valence-electron chi connectivity index (χ2n) is 6.23. The predicted octanol–water partition coefficient (Wildman–Crippen LogP) is 3.68. The fourth-order valence-corrected chi connectivity index (χ4v) is 4.61. The van der Waals surface area contributed by atoms with Gasteiger partial charge in [0.05, 0.1) is 18.5 Å². The number of hydrogen-bond donors (Lipinski definition) is 2. The van der Waals surface area contributed by atoms with E-state index in [1.807, 2.05) is 6.07 Å². The fourth-order valence-electron chi connectivity index (χ4n) is 3.55. The highest BCUT2D eigenvalue weighted by Gasteiger charge is 2.40. The van der Waals surface area contributed by atoms with Gasteiger partial charge in [-0.3, -0.25) is 9.89 Å². The summed E-state index contributed by atoms with van der Waals surface area (Å²) in [6.45, 7) is 3.21. The van der Waals surface area contributed by atoms with Crippen LogP contribution in [0.4, 0.5) is 4.39 Å². The van der Waals surface area contributed by atoms with Gasteiger partial charge in [0, 0.05) is 22.0 Å². The molecule has 3 heterocycles. The zero-order valence-corrected chi connectivity index (χ0v) is 14.4. The molecule has 0 radical (unpaired) electrons. The Morgan fingerprint density at radius 2 is 2.40 bits per heavy atom. The number of alkyl halides is 1. The first-order valence-corrected chi connectivity index (χ1v) is 8.99. The Kier molecular flexibility index (Phi) is 4.05. The topological polar surface area (TPSA) is 70.8 Å². The smallest absolute Gasteiger partial charge is 0.266 e. The van der Waals surface area contributed by atoms with Crippen LogP contribution in [0, 0.1) is 0 Å². The molecular weight excluding hydrogens is 341 g/mol. The number of nitrogens with zero attached hydrogens (tertiary/aromatic N) is 1. The minimum absolute atomic E-state index is 0.199. The highest BCUT2D eigenvalue weighted by Crippen LogP contribution is 2.42. The van der Waals surface area contributed by atoms with E-state index in [0.29, 0.717) is 16.8 Å². The molecule has 3 aromatic heterocycles. The monoisotopic (exact) mass is 359 g/mol. The third-order valence-corrected chi connectivity index (χ3v) is 5.93. The van der Waals surface area contributed by atoms with E-state index in [1.54, 1.807) is 18.5 Å². The van der Waals surface area contributed by atoms with Gasteiger partial charge in [-0.1, -0.05) is 6.08 Å². The summed E-state index contributed by atoms with van der Waals surface area (Å²) in [5.41, 5.74) is 1.21. The molecule has 25 heavy (non-hydrogen) atoms. The number of aromatic amines is 2. The molecule has 0 aromatic carbocycles. The largest absolute Gasteiger partial charge is 0.362 e. The molecule has 130 valence electrons. The van der Waals surface area contributed by atoms with Crippen molar-refractivity contribution in [1.29, 1.82) is 0 Å². The molecule has 0 bridgehead atoms. The SMILES string of the molecule is C=CCO[C@]1(CF)CCCc2c1[nH]c(=O)c1sc(-c3cn[nH]c3)cc21. The van der Waals surface area contributed by atoms with E-state index >= 15 is 0 Å². The van der Waals surface area contributed by atoms with Crippen molar-refractivity contribution in [3.63, 3.8) is 0 Å². The molecule has 0 saturated heterocycles. The predicted molar refractivity (Wildman–Crippen MR) is 96.8 cm³/mol. The van der Waals surface area contributed by atoms with Crippen molar-refractivity contribution in [3.8, 4) is 10.4 Å². The van der Waals surface area contributed by atoms with E-state index in [1.165, 1.54) is 11.3 Å². The Hall–Kier alpha value is -2.25. The molecule has 0 saturated carbocycles. The molecule has 0 unspecified atom stereocenters. The highest BCUT2D eigenvalue weighted by molar-refractivity contribution is 7.22. The Morgan fingerprint density at radius 3 is 3.12 bits per heavy atom. The number of rotatable bonds is 5. The van der Waals surface area contributed by atoms with Gasteiger partial charge in [0.25, 0.3) is 5.56 Å². The first-order chi connectivity index (χ1) is 12.2. The van der Waals surface area contributed by atoms with Gasteiger partial charge in [-0.25, -0.2) is 4.39 Å². The first kappa shape index (κ1) is 16.2. The Bertz CT molecular complexity index is 976. The number of aryl methyl sites for hydroxylation is 1. The quantitative estimate of drug-likeness (QED) is 0.683. The lowest BCUT2D eigenvalue weighted by Gasteiger charge is -2.36. The van der Waals surface area contributed by atoms with Crippen molar-refractivity contribution in [3.05, 3.63) is 52.7 Å². The van der Waals surface area contributed by atoms with Crippen LogP contribution in [0.15, 0.2) is 35.9 Å². The van der Waals surface area contributed by atoms with E-state index < -0.39 is 12.3 Å². The van der Waals surface area contributed by atoms with Crippen molar-refractivity contribution in [2.75, 3.05) is 13.3 Å². The van der Waals surface area contributed by atoms with Crippen LogP contribution in [0.3, 0.4) is 0 Å². The number of hydrogen-bond acceptors (Lipinski definition) is 4. The maximum atomic E-state index is 14.0. The molecule has 0 aliphatic heterocycles. The molecule has 1 aliphatic rings. The minimum atomic E-state index is -1.09. The lowest BCUT2D eigenvalue weighted by Crippen LogP contribution is -2.39. The summed E-state index contributed by atoms with van der Waals surface area (Å²) < 4.78 is 20.5. The molecular formula is C18H18FN3O2S. The number of H-pyrrole nitrogens is 2. The van der Waals surface area contributed by atoms with Crippen LogP contribution in [0.5, 0.6) is 0 Å². The third-order valence-electron chi connectivity index (χ3n) is 4.74.